The SMILES string of the molecule is C[C@@]12CC3CC(C(=O)Cl)(C1)C[C@@](C)(C3)C2. The highest BCUT2D eigenvalue weighted by atomic mass is 35.5. The molecule has 4 saturated carbocycles. The van der Waals surface area contributed by atoms with Gasteiger partial charge in [0.05, 0.1) is 0 Å². The van der Waals surface area contributed by atoms with E-state index in [4.69, 9.17) is 11.6 Å². The van der Waals surface area contributed by atoms with E-state index in [0.717, 1.165) is 25.2 Å². The first kappa shape index (κ1) is 10.1. The summed E-state index contributed by atoms with van der Waals surface area (Å²) in [4.78, 5) is 11.7. The fourth-order valence-corrected chi connectivity index (χ4v) is 5.88. The molecule has 4 aliphatic carbocycles. The van der Waals surface area contributed by atoms with Crippen LogP contribution >= 0.6 is 11.6 Å². The van der Waals surface area contributed by atoms with Crippen LogP contribution in [-0.4, -0.2) is 5.24 Å². The van der Waals surface area contributed by atoms with Gasteiger partial charge in [-0.1, -0.05) is 13.8 Å². The second-order valence-corrected chi connectivity index (χ2v) is 7.53. The summed E-state index contributed by atoms with van der Waals surface area (Å²) in [6, 6.07) is 0. The third kappa shape index (κ3) is 1.32. The van der Waals surface area contributed by atoms with Gasteiger partial charge in [-0.3, -0.25) is 4.79 Å². The first-order valence-electron chi connectivity index (χ1n) is 6.05. The van der Waals surface area contributed by atoms with Gasteiger partial charge in [0.15, 0.2) is 0 Å². The van der Waals surface area contributed by atoms with E-state index in [1.54, 1.807) is 0 Å². The molecule has 0 aromatic rings. The predicted octanol–water partition coefficient (Wildman–Crippen LogP) is 3.75. The zero-order chi connectivity index (χ0) is 10.9. The van der Waals surface area contributed by atoms with Gasteiger partial charge in [-0.2, -0.15) is 0 Å². The van der Waals surface area contributed by atoms with E-state index in [9.17, 15) is 4.79 Å². The largest absolute Gasteiger partial charge is 0.281 e. The van der Waals surface area contributed by atoms with Crippen LogP contribution in [0.2, 0.25) is 0 Å². The van der Waals surface area contributed by atoms with Crippen LogP contribution in [0.4, 0.5) is 0 Å². The molecule has 0 spiro atoms. The van der Waals surface area contributed by atoms with E-state index in [2.05, 4.69) is 13.8 Å². The minimum Gasteiger partial charge on any atom is -0.281 e. The number of carbonyl (C=O) groups excluding carboxylic acids is 1. The van der Waals surface area contributed by atoms with Crippen LogP contribution in [-0.2, 0) is 4.79 Å². The zero-order valence-corrected chi connectivity index (χ0v) is 10.4. The van der Waals surface area contributed by atoms with Gasteiger partial charge < -0.3 is 0 Å². The van der Waals surface area contributed by atoms with Crippen LogP contribution in [0.15, 0.2) is 0 Å². The van der Waals surface area contributed by atoms with E-state index >= 15 is 0 Å². The second-order valence-electron chi connectivity index (χ2n) is 7.18. The molecule has 0 radical (unpaired) electrons. The Morgan fingerprint density at radius 3 is 2.00 bits per heavy atom. The van der Waals surface area contributed by atoms with Gasteiger partial charge >= 0.3 is 0 Å². The molecule has 1 nitrogen and oxygen atoms in total. The summed E-state index contributed by atoms with van der Waals surface area (Å²) in [6.45, 7) is 4.73. The van der Waals surface area contributed by atoms with E-state index in [0.29, 0.717) is 10.8 Å². The van der Waals surface area contributed by atoms with E-state index in [1.807, 2.05) is 0 Å². The molecule has 0 heterocycles. The van der Waals surface area contributed by atoms with Crippen molar-refractivity contribution in [3.8, 4) is 0 Å². The molecular formula is C13H19ClO. The van der Waals surface area contributed by atoms with Crippen molar-refractivity contribution in [2.45, 2.75) is 52.4 Å². The summed E-state index contributed by atoms with van der Waals surface area (Å²) in [5.41, 5.74) is 0.655. The molecular weight excluding hydrogens is 208 g/mol. The number of hydrogen-bond donors (Lipinski definition) is 0. The third-order valence-corrected chi connectivity index (χ3v) is 5.44. The molecule has 0 aromatic carbocycles. The molecule has 0 N–H and O–H groups in total. The lowest BCUT2D eigenvalue weighted by Crippen LogP contribution is -2.56. The monoisotopic (exact) mass is 226 g/mol. The lowest BCUT2D eigenvalue weighted by Gasteiger charge is -2.64. The average molecular weight is 227 g/mol. The normalized spacial score (nSPS) is 57.1. The van der Waals surface area contributed by atoms with Crippen molar-refractivity contribution in [3.05, 3.63) is 0 Å². The van der Waals surface area contributed by atoms with E-state index in [-0.39, 0.29) is 10.7 Å². The van der Waals surface area contributed by atoms with Crippen LogP contribution < -0.4 is 0 Å². The molecule has 4 bridgehead atoms. The first-order valence-corrected chi connectivity index (χ1v) is 6.43. The Balaban J connectivity index is 2.05. The van der Waals surface area contributed by atoms with Gasteiger partial charge in [0.1, 0.15) is 0 Å². The fraction of sp³-hybridized carbons (Fsp3) is 0.923. The van der Waals surface area contributed by atoms with Crippen molar-refractivity contribution < 1.29 is 4.79 Å². The molecule has 15 heavy (non-hydrogen) atoms. The van der Waals surface area contributed by atoms with Gasteiger partial charge in [-0.15, -0.1) is 0 Å². The number of hydrogen-bond acceptors (Lipinski definition) is 1. The molecule has 84 valence electrons. The maximum atomic E-state index is 11.7. The highest BCUT2D eigenvalue weighted by Gasteiger charge is 2.62. The predicted molar refractivity (Wildman–Crippen MR) is 60.7 cm³/mol. The molecule has 0 unspecified atom stereocenters. The summed E-state index contributed by atoms with van der Waals surface area (Å²) in [7, 11) is 0. The zero-order valence-electron chi connectivity index (χ0n) is 9.61. The highest BCUT2D eigenvalue weighted by Crippen LogP contribution is 2.69. The van der Waals surface area contributed by atoms with Crippen molar-refractivity contribution >= 4 is 16.8 Å². The van der Waals surface area contributed by atoms with Gasteiger partial charge in [0, 0.05) is 5.41 Å². The van der Waals surface area contributed by atoms with Crippen molar-refractivity contribution in [1.82, 2.24) is 0 Å². The summed E-state index contributed by atoms with van der Waals surface area (Å²) < 4.78 is 0. The number of halogens is 1. The third-order valence-electron chi connectivity index (χ3n) is 5.04. The lowest BCUT2D eigenvalue weighted by molar-refractivity contribution is -0.160. The maximum Gasteiger partial charge on any atom is 0.227 e. The number of rotatable bonds is 1. The van der Waals surface area contributed by atoms with Gasteiger partial charge in [0.2, 0.25) is 5.24 Å². The summed E-state index contributed by atoms with van der Waals surface area (Å²) >= 11 is 5.88. The van der Waals surface area contributed by atoms with Crippen molar-refractivity contribution in [2.75, 3.05) is 0 Å². The summed E-state index contributed by atoms with van der Waals surface area (Å²) in [5, 5.41) is -0.0518. The van der Waals surface area contributed by atoms with E-state index < -0.39 is 0 Å². The highest BCUT2D eigenvalue weighted by molar-refractivity contribution is 6.64. The summed E-state index contributed by atoms with van der Waals surface area (Å²) in [6.07, 6.45) is 7.13. The Morgan fingerprint density at radius 2 is 1.60 bits per heavy atom. The average Bonchev–Trinajstić information content (AvgIpc) is 1.95. The molecule has 2 atom stereocenters. The second kappa shape index (κ2) is 2.61. The van der Waals surface area contributed by atoms with Gasteiger partial charge in [0.25, 0.3) is 0 Å². The lowest BCUT2D eigenvalue weighted by atomic mass is 9.40. The topological polar surface area (TPSA) is 17.1 Å². The minimum absolute atomic E-state index is 0.0518. The minimum atomic E-state index is -0.148. The Kier molecular flexibility index (Phi) is 1.77. The van der Waals surface area contributed by atoms with Crippen LogP contribution in [0, 0.1) is 22.2 Å². The molecule has 4 aliphatic rings. The molecule has 0 saturated heterocycles. The Labute approximate surface area is 96.6 Å². The van der Waals surface area contributed by atoms with E-state index in [1.165, 1.54) is 19.3 Å². The molecule has 0 aromatic heterocycles. The Hall–Kier alpha value is -0.0400. The summed E-state index contributed by atoms with van der Waals surface area (Å²) in [5.74, 6) is 0.763. The molecule has 0 amide bonds. The van der Waals surface area contributed by atoms with Gasteiger partial charge in [-0.05, 0) is 66.9 Å². The Bertz CT molecular complexity index is 317. The molecule has 0 aliphatic heterocycles. The van der Waals surface area contributed by atoms with Crippen molar-refractivity contribution in [3.63, 3.8) is 0 Å². The van der Waals surface area contributed by atoms with Crippen molar-refractivity contribution in [1.29, 1.82) is 0 Å². The fourth-order valence-electron chi connectivity index (χ4n) is 5.67. The quantitative estimate of drug-likeness (QED) is 0.623. The van der Waals surface area contributed by atoms with Crippen LogP contribution in [0.5, 0.6) is 0 Å². The van der Waals surface area contributed by atoms with Crippen LogP contribution in [0.25, 0.3) is 0 Å². The molecule has 4 fully saturated rings. The first-order chi connectivity index (χ1) is 6.85. The number of carbonyl (C=O) groups is 1. The molecule has 4 rings (SSSR count). The van der Waals surface area contributed by atoms with Crippen molar-refractivity contribution in [2.24, 2.45) is 22.2 Å². The van der Waals surface area contributed by atoms with Crippen LogP contribution in [0.3, 0.4) is 0 Å². The Morgan fingerprint density at radius 1 is 1.07 bits per heavy atom. The van der Waals surface area contributed by atoms with Crippen LogP contribution in [0.1, 0.15) is 52.4 Å². The standard InChI is InChI=1S/C13H19ClO/c1-11-3-9-4-12(2,6-11)8-13(5-9,7-11)10(14)15/h9H,3-8H2,1-2H3/t9?,11-,12-,13?/m0/s1. The molecule has 2 heteroatoms. The van der Waals surface area contributed by atoms with Gasteiger partial charge in [-0.25, -0.2) is 0 Å². The smallest absolute Gasteiger partial charge is 0.227 e. The maximum absolute atomic E-state index is 11.7.